The van der Waals surface area contributed by atoms with Crippen molar-refractivity contribution in [1.82, 2.24) is 0 Å². The van der Waals surface area contributed by atoms with Crippen LogP contribution in [0.2, 0.25) is 0 Å². The van der Waals surface area contributed by atoms with E-state index in [1.807, 2.05) is 0 Å². The summed E-state index contributed by atoms with van der Waals surface area (Å²) < 4.78 is 27.6. The molecule has 5 rings (SSSR count). The van der Waals surface area contributed by atoms with Crippen molar-refractivity contribution in [1.29, 1.82) is 0 Å². The molecule has 17 heteroatoms. The number of fused-ring (bicyclic) bond motifs is 1. The topological polar surface area (TPSA) is 290 Å². The molecule has 2 aliphatic heterocycles. The van der Waals surface area contributed by atoms with Gasteiger partial charge in [-0.15, -0.1) is 0 Å². The van der Waals surface area contributed by atoms with Gasteiger partial charge in [-0.2, -0.15) is 0 Å². The molecule has 17 nitrogen and oxygen atoms in total. The van der Waals surface area contributed by atoms with Crippen molar-refractivity contribution in [2.24, 2.45) is 0 Å². The molecule has 44 heavy (non-hydrogen) atoms. The lowest BCUT2D eigenvalue weighted by molar-refractivity contribution is -0.277. The SMILES string of the molecule is C[C@@H]1O[C@@H](Oc2c(-c3cc(O)c(O)c(O[C@@H]4O[C@H](CO)[C@@H](O)[C@H](O)[C@H]4O)c3)oc3cc(O)cc(O)c3c2=O)[C@H](O)[C@H](O)[C@H]1O. The monoisotopic (exact) mass is 626 g/mol. The molecule has 0 amide bonds. The maximum Gasteiger partial charge on any atom is 0.239 e. The first-order valence-electron chi connectivity index (χ1n) is 13.2. The number of hydrogen-bond donors (Lipinski definition) is 11. The smallest absolute Gasteiger partial charge is 0.239 e. The highest BCUT2D eigenvalue weighted by Crippen LogP contribution is 2.44. The molecule has 2 saturated heterocycles. The van der Waals surface area contributed by atoms with Crippen molar-refractivity contribution in [2.75, 3.05) is 6.61 Å². The minimum absolute atomic E-state index is 0.282. The average Bonchev–Trinajstić information content (AvgIpc) is 2.97. The maximum atomic E-state index is 13.6. The van der Waals surface area contributed by atoms with Crippen LogP contribution in [0.3, 0.4) is 0 Å². The van der Waals surface area contributed by atoms with Crippen LogP contribution < -0.4 is 14.9 Å². The molecule has 2 fully saturated rings. The van der Waals surface area contributed by atoms with Gasteiger partial charge >= 0.3 is 0 Å². The Kier molecular flexibility index (Phi) is 8.51. The van der Waals surface area contributed by atoms with Gasteiger partial charge in [-0.05, 0) is 19.1 Å². The van der Waals surface area contributed by atoms with Gasteiger partial charge in [-0.1, -0.05) is 0 Å². The molecule has 0 aliphatic carbocycles. The van der Waals surface area contributed by atoms with E-state index in [0.29, 0.717) is 0 Å². The van der Waals surface area contributed by atoms with E-state index >= 15 is 0 Å². The minimum Gasteiger partial charge on any atom is -0.508 e. The summed E-state index contributed by atoms with van der Waals surface area (Å²) in [6.07, 6.45) is -16.7. The summed E-state index contributed by atoms with van der Waals surface area (Å²) >= 11 is 0. The van der Waals surface area contributed by atoms with Crippen molar-refractivity contribution < 1.29 is 79.5 Å². The summed E-state index contributed by atoms with van der Waals surface area (Å²) in [6.45, 7) is 0.569. The van der Waals surface area contributed by atoms with Crippen LogP contribution in [0.4, 0.5) is 0 Å². The van der Waals surface area contributed by atoms with E-state index in [4.69, 9.17) is 23.4 Å². The van der Waals surface area contributed by atoms with Crippen LogP contribution in [0.25, 0.3) is 22.3 Å². The van der Waals surface area contributed by atoms with Gasteiger partial charge in [0.25, 0.3) is 0 Å². The number of aliphatic hydroxyl groups is 7. The molecule has 0 spiro atoms. The third-order valence-corrected chi connectivity index (χ3v) is 7.37. The predicted octanol–water partition coefficient (Wildman–Crippen LogP) is -2.33. The summed E-state index contributed by atoms with van der Waals surface area (Å²) in [5.74, 6) is -4.96. The van der Waals surface area contributed by atoms with Gasteiger partial charge in [0, 0.05) is 17.7 Å². The zero-order valence-electron chi connectivity index (χ0n) is 22.7. The molecule has 3 aromatic rings. The summed E-state index contributed by atoms with van der Waals surface area (Å²) in [4.78, 5) is 13.6. The Bertz CT molecular complexity index is 1590. The van der Waals surface area contributed by atoms with Crippen molar-refractivity contribution >= 4 is 11.0 Å². The Hall–Kier alpha value is -3.91. The molecule has 1 aromatic heterocycles. The number of aromatic hydroxyl groups is 4. The normalized spacial score (nSPS) is 32.5. The zero-order valence-corrected chi connectivity index (χ0v) is 22.7. The number of rotatable bonds is 6. The van der Waals surface area contributed by atoms with Crippen molar-refractivity contribution in [3.63, 3.8) is 0 Å². The van der Waals surface area contributed by atoms with E-state index < -0.39 is 119 Å². The molecule has 0 bridgehead atoms. The number of hydrogen-bond acceptors (Lipinski definition) is 17. The molecule has 240 valence electrons. The Balaban J connectivity index is 1.63. The number of benzene rings is 2. The summed E-state index contributed by atoms with van der Waals surface area (Å²) in [5.41, 5.74) is -1.74. The highest BCUT2D eigenvalue weighted by molar-refractivity contribution is 5.88. The van der Waals surface area contributed by atoms with Crippen LogP contribution in [0, 0.1) is 0 Å². The van der Waals surface area contributed by atoms with Crippen LogP contribution in [-0.2, 0) is 9.47 Å². The van der Waals surface area contributed by atoms with E-state index in [2.05, 4.69) is 0 Å². The molecule has 11 N–H and O–H groups in total. The summed E-state index contributed by atoms with van der Waals surface area (Å²) in [5, 5.41) is 112. The summed E-state index contributed by atoms with van der Waals surface area (Å²) in [7, 11) is 0. The molecular formula is C27H30O17. The lowest BCUT2D eigenvalue weighted by Crippen LogP contribution is -2.60. The Labute approximate surface area is 246 Å². The molecule has 0 saturated carbocycles. The van der Waals surface area contributed by atoms with E-state index in [-0.39, 0.29) is 11.1 Å². The lowest BCUT2D eigenvalue weighted by Gasteiger charge is -2.39. The predicted molar refractivity (Wildman–Crippen MR) is 142 cm³/mol. The highest BCUT2D eigenvalue weighted by atomic mass is 16.7. The van der Waals surface area contributed by atoms with Crippen LogP contribution in [0.5, 0.6) is 34.5 Å². The zero-order chi connectivity index (χ0) is 32.2. The van der Waals surface area contributed by atoms with E-state index in [9.17, 15) is 61.0 Å². The Morgan fingerprint density at radius 2 is 1.39 bits per heavy atom. The van der Waals surface area contributed by atoms with Gasteiger partial charge in [-0.3, -0.25) is 4.79 Å². The van der Waals surface area contributed by atoms with Gasteiger partial charge in [0.2, 0.25) is 29.5 Å². The third-order valence-electron chi connectivity index (χ3n) is 7.37. The Morgan fingerprint density at radius 1 is 0.750 bits per heavy atom. The van der Waals surface area contributed by atoms with Crippen molar-refractivity contribution in [2.45, 2.75) is 68.3 Å². The quantitative estimate of drug-likeness (QED) is 0.128. The molecule has 3 heterocycles. The number of phenolic OH excluding ortho intramolecular Hbond substituents is 4. The molecule has 2 aromatic carbocycles. The van der Waals surface area contributed by atoms with E-state index in [0.717, 1.165) is 24.3 Å². The maximum absolute atomic E-state index is 13.6. The fourth-order valence-corrected chi connectivity index (χ4v) is 4.90. The first kappa shape index (κ1) is 31.5. The Morgan fingerprint density at radius 3 is 2.05 bits per heavy atom. The standard InChI is InChI=1S/C27H30O17/c1-7-16(32)20(36)22(38)26(40-7)44-25-19(35)15-10(30)4-9(29)5-12(15)41-24(25)8-2-11(31)17(33)13(3-8)42-27-23(39)21(37)18(34)14(6-28)43-27/h2-5,7,14,16,18,20-23,26-34,36-39H,6H2,1H3/t7-,14+,16-,18+,20+,21-,22+,23+,26-,27+/m0/s1. The fraction of sp³-hybridized carbons (Fsp3) is 0.444. The van der Waals surface area contributed by atoms with Gasteiger partial charge in [0.1, 0.15) is 65.2 Å². The molecule has 10 atom stereocenters. The number of aliphatic hydroxyl groups excluding tert-OH is 7. The summed E-state index contributed by atoms with van der Waals surface area (Å²) in [6, 6.07) is 3.67. The first-order valence-corrected chi connectivity index (χ1v) is 13.2. The second kappa shape index (κ2) is 11.9. The molecule has 0 unspecified atom stereocenters. The highest BCUT2D eigenvalue weighted by Gasteiger charge is 2.46. The lowest BCUT2D eigenvalue weighted by atomic mass is 9.99. The minimum atomic E-state index is -1.91. The van der Waals surface area contributed by atoms with Gasteiger partial charge in [0.15, 0.2) is 17.3 Å². The van der Waals surface area contributed by atoms with Gasteiger partial charge < -0.3 is 79.5 Å². The van der Waals surface area contributed by atoms with Crippen LogP contribution in [-0.4, -0.2) is 124 Å². The van der Waals surface area contributed by atoms with Gasteiger partial charge in [0.05, 0.1) is 12.7 Å². The van der Waals surface area contributed by atoms with E-state index in [1.54, 1.807) is 0 Å². The largest absolute Gasteiger partial charge is 0.508 e. The molecule has 0 radical (unpaired) electrons. The average molecular weight is 627 g/mol. The second-order valence-electron chi connectivity index (χ2n) is 10.4. The van der Waals surface area contributed by atoms with Crippen molar-refractivity contribution in [3.8, 4) is 45.8 Å². The first-order chi connectivity index (χ1) is 20.7. The third kappa shape index (κ3) is 5.45. The second-order valence-corrected chi connectivity index (χ2v) is 10.4. The van der Waals surface area contributed by atoms with Crippen LogP contribution >= 0.6 is 0 Å². The van der Waals surface area contributed by atoms with Crippen molar-refractivity contribution in [3.05, 3.63) is 34.5 Å². The van der Waals surface area contributed by atoms with Crippen LogP contribution in [0.15, 0.2) is 33.5 Å². The number of ether oxygens (including phenoxy) is 4. The molecular weight excluding hydrogens is 596 g/mol. The van der Waals surface area contributed by atoms with Crippen LogP contribution in [0.1, 0.15) is 6.92 Å². The van der Waals surface area contributed by atoms with E-state index in [1.165, 1.54) is 6.92 Å². The van der Waals surface area contributed by atoms with Gasteiger partial charge in [-0.25, -0.2) is 0 Å². The number of phenols is 4. The molecule has 2 aliphatic rings. The fourth-order valence-electron chi connectivity index (χ4n) is 4.90.